The number of nitrogens with zero attached hydrogens (tertiary/aromatic N) is 1. The fraction of sp³-hybridized carbons (Fsp3) is 0.588. The van der Waals surface area contributed by atoms with Crippen LogP contribution in [0, 0.1) is 5.82 Å². The molecule has 1 fully saturated rings. The fourth-order valence-electron chi connectivity index (χ4n) is 2.84. The van der Waals surface area contributed by atoms with E-state index in [1.807, 2.05) is 18.9 Å². The molecule has 0 aromatic heterocycles. The highest BCUT2D eigenvalue weighted by atomic mass is 19.1. The van der Waals surface area contributed by atoms with Crippen molar-refractivity contribution in [3.63, 3.8) is 0 Å². The molecule has 1 aromatic carbocycles. The summed E-state index contributed by atoms with van der Waals surface area (Å²) in [6.45, 7) is 2.51. The van der Waals surface area contributed by atoms with E-state index in [1.165, 1.54) is 12.1 Å². The van der Waals surface area contributed by atoms with Crippen LogP contribution in [0.25, 0.3) is 0 Å². The van der Waals surface area contributed by atoms with Crippen LogP contribution in [0.2, 0.25) is 0 Å². The van der Waals surface area contributed by atoms with E-state index in [4.69, 9.17) is 0 Å². The van der Waals surface area contributed by atoms with Gasteiger partial charge in [0, 0.05) is 12.2 Å². The van der Waals surface area contributed by atoms with Crippen LogP contribution in [0.4, 0.5) is 10.1 Å². The van der Waals surface area contributed by atoms with Crippen LogP contribution in [0.5, 0.6) is 0 Å². The Morgan fingerprint density at radius 3 is 2.55 bits per heavy atom. The molecule has 2 N–H and O–H groups in total. The third kappa shape index (κ3) is 4.52. The largest absolute Gasteiger partial charge is 0.390 e. The van der Waals surface area contributed by atoms with E-state index in [1.54, 1.807) is 12.1 Å². The van der Waals surface area contributed by atoms with Crippen molar-refractivity contribution in [2.24, 2.45) is 0 Å². The summed E-state index contributed by atoms with van der Waals surface area (Å²) in [4.78, 5) is 14.1. The molecule has 4 nitrogen and oxygen atoms in total. The zero-order chi connectivity index (χ0) is 16.2. The molecule has 1 aliphatic carbocycles. The predicted molar refractivity (Wildman–Crippen MR) is 85.2 cm³/mol. The van der Waals surface area contributed by atoms with Gasteiger partial charge < -0.3 is 10.4 Å². The molecule has 0 aliphatic heterocycles. The maximum atomic E-state index is 12.9. The maximum Gasteiger partial charge on any atom is 0.241 e. The number of amides is 1. The lowest BCUT2D eigenvalue weighted by atomic mass is 9.97. The normalized spacial score (nSPS) is 18.4. The SMILES string of the molecule is CC(C(=O)Nc1ccc(F)cc1)N(C)CCC1(O)CCCC1. The Hall–Kier alpha value is -1.46. The van der Waals surface area contributed by atoms with Gasteiger partial charge in [-0.2, -0.15) is 0 Å². The molecule has 1 atom stereocenters. The van der Waals surface area contributed by atoms with E-state index < -0.39 is 5.60 Å². The van der Waals surface area contributed by atoms with Gasteiger partial charge in [-0.15, -0.1) is 0 Å². The summed E-state index contributed by atoms with van der Waals surface area (Å²) in [6, 6.07) is 5.41. The average Bonchev–Trinajstić information content (AvgIpc) is 2.93. The molecular formula is C17H25FN2O2. The molecule has 1 aliphatic rings. The van der Waals surface area contributed by atoms with Gasteiger partial charge in [0.15, 0.2) is 0 Å². The van der Waals surface area contributed by atoms with Crippen molar-refractivity contribution in [3.8, 4) is 0 Å². The number of carbonyl (C=O) groups is 1. The van der Waals surface area contributed by atoms with Crippen molar-refractivity contribution in [2.75, 3.05) is 18.9 Å². The Labute approximate surface area is 131 Å². The Morgan fingerprint density at radius 2 is 1.95 bits per heavy atom. The summed E-state index contributed by atoms with van der Waals surface area (Å²) in [6.07, 6.45) is 4.58. The number of nitrogens with one attached hydrogen (secondary N) is 1. The van der Waals surface area contributed by atoms with Gasteiger partial charge in [-0.25, -0.2) is 4.39 Å². The van der Waals surface area contributed by atoms with Crippen LogP contribution in [-0.4, -0.2) is 41.1 Å². The molecular weight excluding hydrogens is 283 g/mol. The number of anilines is 1. The third-order valence-corrected chi connectivity index (χ3v) is 4.62. The van der Waals surface area contributed by atoms with E-state index in [2.05, 4.69) is 5.32 Å². The molecule has 0 radical (unpaired) electrons. The summed E-state index contributed by atoms with van der Waals surface area (Å²) in [7, 11) is 1.88. The zero-order valence-corrected chi connectivity index (χ0v) is 13.3. The van der Waals surface area contributed by atoms with Crippen LogP contribution in [0.15, 0.2) is 24.3 Å². The number of aliphatic hydroxyl groups is 1. The number of hydrogen-bond donors (Lipinski definition) is 2. The smallest absolute Gasteiger partial charge is 0.241 e. The van der Waals surface area contributed by atoms with Gasteiger partial charge in [0.05, 0.1) is 11.6 Å². The molecule has 0 bridgehead atoms. The van der Waals surface area contributed by atoms with Crippen LogP contribution < -0.4 is 5.32 Å². The molecule has 0 spiro atoms. The lowest BCUT2D eigenvalue weighted by Gasteiger charge is -2.28. The van der Waals surface area contributed by atoms with Crippen molar-refractivity contribution in [2.45, 2.75) is 50.7 Å². The lowest BCUT2D eigenvalue weighted by Crippen LogP contribution is -2.42. The average molecular weight is 308 g/mol. The highest BCUT2D eigenvalue weighted by Crippen LogP contribution is 2.32. The first kappa shape index (κ1) is 16.9. The zero-order valence-electron chi connectivity index (χ0n) is 13.3. The van der Waals surface area contributed by atoms with E-state index in [0.29, 0.717) is 18.7 Å². The molecule has 22 heavy (non-hydrogen) atoms. The standard InChI is InChI=1S/C17H25FN2O2/c1-13(16(21)19-15-7-5-14(18)6-8-15)20(2)12-11-17(22)9-3-4-10-17/h5-8,13,22H,3-4,9-12H2,1-2H3,(H,19,21). The van der Waals surface area contributed by atoms with E-state index >= 15 is 0 Å². The number of carbonyl (C=O) groups excluding carboxylic acids is 1. The molecule has 2 rings (SSSR count). The minimum absolute atomic E-state index is 0.132. The third-order valence-electron chi connectivity index (χ3n) is 4.62. The molecule has 0 saturated heterocycles. The first-order valence-electron chi connectivity index (χ1n) is 7.89. The van der Waals surface area contributed by atoms with Crippen molar-refractivity contribution < 1.29 is 14.3 Å². The van der Waals surface area contributed by atoms with Crippen molar-refractivity contribution in [1.29, 1.82) is 0 Å². The molecule has 1 saturated carbocycles. The minimum atomic E-state index is -0.554. The Kier molecular flexibility index (Phi) is 5.53. The van der Waals surface area contributed by atoms with Crippen LogP contribution >= 0.6 is 0 Å². The van der Waals surface area contributed by atoms with Gasteiger partial charge in [0.2, 0.25) is 5.91 Å². The Bertz CT molecular complexity index is 498. The monoisotopic (exact) mass is 308 g/mol. The first-order valence-corrected chi connectivity index (χ1v) is 7.89. The van der Waals surface area contributed by atoms with E-state index in [0.717, 1.165) is 25.7 Å². The number of likely N-dealkylation sites (N-methyl/N-ethyl adjacent to an activating group) is 1. The Balaban J connectivity index is 1.82. The molecule has 0 heterocycles. The number of rotatable bonds is 6. The van der Waals surface area contributed by atoms with Gasteiger partial charge in [-0.05, 0) is 57.5 Å². The number of halogens is 1. The minimum Gasteiger partial charge on any atom is -0.390 e. The first-order chi connectivity index (χ1) is 10.4. The lowest BCUT2D eigenvalue weighted by molar-refractivity contribution is -0.120. The van der Waals surface area contributed by atoms with Gasteiger partial charge in [-0.1, -0.05) is 12.8 Å². The second kappa shape index (κ2) is 7.20. The van der Waals surface area contributed by atoms with E-state index in [9.17, 15) is 14.3 Å². The van der Waals surface area contributed by atoms with Crippen molar-refractivity contribution in [1.82, 2.24) is 4.90 Å². The summed E-state index contributed by atoms with van der Waals surface area (Å²) in [5.41, 5.74) is 0.0302. The fourth-order valence-corrected chi connectivity index (χ4v) is 2.84. The highest BCUT2D eigenvalue weighted by Gasteiger charge is 2.31. The maximum absolute atomic E-state index is 12.9. The summed E-state index contributed by atoms with van der Waals surface area (Å²) < 4.78 is 12.9. The number of hydrogen-bond acceptors (Lipinski definition) is 3. The summed E-state index contributed by atoms with van der Waals surface area (Å²) in [5.74, 6) is -0.458. The van der Waals surface area contributed by atoms with Crippen LogP contribution in [-0.2, 0) is 4.79 Å². The molecule has 122 valence electrons. The van der Waals surface area contributed by atoms with Gasteiger partial charge in [0.25, 0.3) is 0 Å². The van der Waals surface area contributed by atoms with Gasteiger partial charge >= 0.3 is 0 Å². The summed E-state index contributed by atoms with van der Waals surface area (Å²) >= 11 is 0. The molecule has 5 heteroatoms. The quantitative estimate of drug-likeness (QED) is 0.849. The second-order valence-corrected chi connectivity index (χ2v) is 6.33. The van der Waals surface area contributed by atoms with Crippen molar-refractivity contribution >= 4 is 11.6 Å². The van der Waals surface area contributed by atoms with Gasteiger partial charge in [-0.3, -0.25) is 9.69 Å². The predicted octanol–water partition coefficient (Wildman–Crippen LogP) is 2.78. The topological polar surface area (TPSA) is 52.6 Å². The molecule has 1 unspecified atom stereocenters. The molecule has 1 amide bonds. The summed E-state index contributed by atoms with van der Waals surface area (Å²) in [5, 5.41) is 13.1. The van der Waals surface area contributed by atoms with Gasteiger partial charge in [0.1, 0.15) is 5.82 Å². The van der Waals surface area contributed by atoms with Crippen LogP contribution in [0.3, 0.4) is 0 Å². The van der Waals surface area contributed by atoms with E-state index in [-0.39, 0.29) is 17.8 Å². The highest BCUT2D eigenvalue weighted by molar-refractivity contribution is 5.94. The second-order valence-electron chi connectivity index (χ2n) is 6.33. The Morgan fingerprint density at radius 1 is 1.36 bits per heavy atom. The van der Waals surface area contributed by atoms with Crippen LogP contribution in [0.1, 0.15) is 39.0 Å². The molecule has 1 aromatic rings. The van der Waals surface area contributed by atoms with Crippen molar-refractivity contribution in [3.05, 3.63) is 30.1 Å². The number of benzene rings is 1.